The fraction of sp³-hybridized carbons (Fsp3) is 0.273. The molecule has 1 aromatic rings. The number of esters is 1. The third-order valence-corrected chi connectivity index (χ3v) is 2.50. The normalized spacial score (nSPS) is 11.7. The summed E-state index contributed by atoms with van der Waals surface area (Å²) < 4.78 is 4.52. The number of hydrogen-bond acceptors (Lipinski definition) is 5. The van der Waals surface area contributed by atoms with E-state index in [1.54, 1.807) is 0 Å². The first-order valence-electron chi connectivity index (χ1n) is 4.98. The molecule has 0 radical (unpaired) electrons. The number of aromatic carboxylic acids is 1. The summed E-state index contributed by atoms with van der Waals surface area (Å²) >= 11 is 0. The second-order valence-electron chi connectivity index (χ2n) is 3.58. The van der Waals surface area contributed by atoms with Crippen LogP contribution in [0.4, 0.5) is 5.69 Å². The zero-order valence-electron chi connectivity index (χ0n) is 9.75. The van der Waals surface area contributed by atoms with E-state index in [0.29, 0.717) is 5.56 Å². The smallest absolute Gasteiger partial charge is 0.342 e. The third kappa shape index (κ3) is 2.62. The van der Waals surface area contributed by atoms with Crippen LogP contribution in [0.25, 0.3) is 0 Å². The zero-order valence-corrected chi connectivity index (χ0v) is 9.75. The molecule has 0 aliphatic heterocycles. The van der Waals surface area contributed by atoms with Crippen LogP contribution in [0, 0.1) is 10.1 Å². The van der Waals surface area contributed by atoms with Gasteiger partial charge in [0.25, 0.3) is 5.69 Å². The maximum absolute atomic E-state index is 11.3. The summed E-state index contributed by atoms with van der Waals surface area (Å²) in [5, 5.41) is 19.5. The first-order chi connectivity index (χ1) is 8.38. The Labute approximate surface area is 102 Å². The molecule has 0 saturated carbocycles. The van der Waals surface area contributed by atoms with Gasteiger partial charge in [0, 0.05) is 6.07 Å². The molecule has 7 nitrogen and oxygen atoms in total. The van der Waals surface area contributed by atoms with E-state index >= 15 is 0 Å². The molecule has 1 aromatic carbocycles. The third-order valence-electron chi connectivity index (χ3n) is 2.50. The Morgan fingerprint density at radius 1 is 1.44 bits per heavy atom. The lowest BCUT2D eigenvalue weighted by molar-refractivity contribution is -0.385. The maximum atomic E-state index is 11.3. The van der Waals surface area contributed by atoms with Gasteiger partial charge in [-0.2, -0.15) is 0 Å². The number of ether oxygens (including phenoxy) is 1. The van der Waals surface area contributed by atoms with Gasteiger partial charge in [-0.15, -0.1) is 0 Å². The second-order valence-corrected chi connectivity index (χ2v) is 3.58. The molecule has 1 N–H and O–H groups in total. The monoisotopic (exact) mass is 253 g/mol. The standard InChI is InChI=1S/C11H11NO6/c1-6(11(15)18-2)7-3-4-9(12(16)17)8(5-7)10(13)14/h3-6H,1-2H3,(H,13,14). The molecule has 0 saturated heterocycles. The van der Waals surface area contributed by atoms with Crippen molar-refractivity contribution in [2.75, 3.05) is 7.11 Å². The Kier molecular flexibility index (Phi) is 3.98. The van der Waals surface area contributed by atoms with Gasteiger partial charge in [0.1, 0.15) is 5.56 Å². The highest BCUT2D eigenvalue weighted by Gasteiger charge is 2.23. The largest absolute Gasteiger partial charge is 0.477 e. The first kappa shape index (κ1) is 13.6. The van der Waals surface area contributed by atoms with Crippen LogP contribution in [-0.2, 0) is 9.53 Å². The Morgan fingerprint density at radius 3 is 2.50 bits per heavy atom. The summed E-state index contributed by atoms with van der Waals surface area (Å²) in [6.45, 7) is 1.53. The highest BCUT2D eigenvalue weighted by Crippen LogP contribution is 2.25. The Balaban J connectivity index is 3.27. The minimum atomic E-state index is -1.42. The molecule has 0 aliphatic carbocycles. The quantitative estimate of drug-likeness (QED) is 0.495. The minimum absolute atomic E-state index is 0.352. The molecular formula is C11H11NO6. The Hall–Kier alpha value is -2.44. The number of carboxylic acid groups (broad SMARTS) is 1. The summed E-state index contributed by atoms with van der Waals surface area (Å²) in [6, 6.07) is 3.52. The van der Waals surface area contributed by atoms with Crippen LogP contribution in [-0.4, -0.2) is 29.1 Å². The molecule has 18 heavy (non-hydrogen) atoms. The fourth-order valence-corrected chi connectivity index (χ4v) is 1.47. The van der Waals surface area contributed by atoms with Gasteiger partial charge in [-0.25, -0.2) is 4.79 Å². The molecule has 96 valence electrons. The highest BCUT2D eigenvalue weighted by molar-refractivity contribution is 5.93. The number of hydrogen-bond donors (Lipinski definition) is 1. The van der Waals surface area contributed by atoms with Crippen molar-refractivity contribution < 1.29 is 24.4 Å². The van der Waals surface area contributed by atoms with Crippen LogP contribution < -0.4 is 0 Å². The van der Waals surface area contributed by atoms with Gasteiger partial charge < -0.3 is 9.84 Å². The van der Waals surface area contributed by atoms with Gasteiger partial charge in [0.2, 0.25) is 0 Å². The number of methoxy groups -OCH3 is 1. The molecule has 0 spiro atoms. The Bertz CT molecular complexity index is 510. The summed E-state index contributed by atoms with van der Waals surface area (Å²) in [6.07, 6.45) is 0. The lowest BCUT2D eigenvalue weighted by atomic mass is 9.98. The second kappa shape index (κ2) is 5.26. The van der Waals surface area contributed by atoms with Gasteiger partial charge in [0.05, 0.1) is 18.0 Å². The molecule has 0 fully saturated rings. The highest BCUT2D eigenvalue weighted by atomic mass is 16.6. The summed E-state index contributed by atoms with van der Waals surface area (Å²) in [5.74, 6) is -2.64. The summed E-state index contributed by atoms with van der Waals surface area (Å²) in [5.41, 5.74) is -0.610. The number of nitro groups is 1. The number of nitrogens with zero attached hydrogens (tertiary/aromatic N) is 1. The lowest BCUT2D eigenvalue weighted by Crippen LogP contribution is -2.12. The SMILES string of the molecule is COC(=O)C(C)c1ccc([N+](=O)[O-])c(C(=O)O)c1. The fourth-order valence-electron chi connectivity index (χ4n) is 1.47. The van der Waals surface area contributed by atoms with Crippen molar-refractivity contribution >= 4 is 17.6 Å². The molecule has 0 heterocycles. The van der Waals surface area contributed by atoms with Crippen LogP contribution >= 0.6 is 0 Å². The van der Waals surface area contributed by atoms with E-state index in [9.17, 15) is 19.7 Å². The van der Waals surface area contributed by atoms with Gasteiger partial charge in [-0.05, 0) is 18.6 Å². The van der Waals surface area contributed by atoms with Crippen LogP contribution in [0.1, 0.15) is 28.8 Å². The predicted molar refractivity (Wildman–Crippen MR) is 60.5 cm³/mol. The van der Waals surface area contributed by atoms with Gasteiger partial charge in [0.15, 0.2) is 0 Å². The van der Waals surface area contributed by atoms with Crippen molar-refractivity contribution in [1.82, 2.24) is 0 Å². The van der Waals surface area contributed by atoms with E-state index in [4.69, 9.17) is 5.11 Å². The predicted octanol–water partition coefficient (Wildman–Crippen LogP) is 1.57. The molecule has 1 atom stereocenters. The van der Waals surface area contributed by atoms with Crippen LogP contribution in [0.3, 0.4) is 0 Å². The van der Waals surface area contributed by atoms with E-state index in [1.165, 1.54) is 20.1 Å². The number of rotatable bonds is 4. The van der Waals surface area contributed by atoms with Crippen molar-refractivity contribution in [2.24, 2.45) is 0 Å². The average molecular weight is 253 g/mol. The number of carbonyl (C=O) groups excluding carboxylic acids is 1. The minimum Gasteiger partial charge on any atom is -0.477 e. The molecular weight excluding hydrogens is 242 g/mol. The van der Waals surface area contributed by atoms with Crippen molar-refractivity contribution in [3.05, 3.63) is 39.4 Å². The van der Waals surface area contributed by atoms with Gasteiger partial charge in [-0.1, -0.05) is 6.07 Å². The van der Waals surface area contributed by atoms with Crippen LogP contribution in [0.15, 0.2) is 18.2 Å². The molecule has 1 rings (SSSR count). The van der Waals surface area contributed by atoms with Crippen molar-refractivity contribution in [3.63, 3.8) is 0 Å². The zero-order chi connectivity index (χ0) is 13.9. The maximum Gasteiger partial charge on any atom is 0.342 e. The topological polar surface area (TPSA) is 107 Å². The molecule has 0 aliphatic rings. The number of carboxylic acids is 1. The van der Waals surface area contributed by atoms with Crippen LogP contribution in [0.2, 0.25) is 0 Å². The van der Waals surface area contributed by atoms with E-state index in [-0.39, 0.29) is 0 Å². The summed E-state index contributed by atoms with van der Waals surface area (Å²) in [4.78, 5) is 32.1. The first-order valence-corrected chi connectivity index (χ1v) is 4.98. The average Bonchev–Trinajstić information content (AvgIpc) is 2.35. The van der Waals surface area contributed by atoms with Gasteiger partial charge in [-0.3, -0.25) is 14.9 Å². The van der Waals surface area contributed by atoms with E-state index in [0.717, 1.165) is 12.1 Å². The van der Waals surface area contributed by atoms with E-state index in [2.05, 4.69) is 4.74 Å². The van der Waals surface area contributed by atoms with Crippen molar-refractivity contribution in [3.8, 4) is 0 Å². The molecule has 1 unspecified atom stereocenters. The number of carbonyl (C=O) groups is 2. The van der Waals surface area contributed by atoms with Crippen LogP contribution in [0.5, 0.6) is 0 Å². The van der Waals surface area contributed by atoms with Gasteiger partial charge >= 0.3 is 11.9 Å². The van der Waals surface area contributed by atoms with E-state index in [1.807, 2.05) is 0 Å². The van der Waals surface area contributed by atoms with E-state index < -0.39 is 34.0 Å². The molecule has 0 aromatic heterocycles. The number of nitro benzene ring substituents is 1. The summed E-state index contributed by atoms with van der Waals surface area (Å²) in [7, 11) is 1.21. The molecule has 0 bridgehead atoms. The van der Waals surface area contributed by atoms with Crippen molar-refractivity contribution in [1.29, 1.82) is 0 Å². The lowest BCUT2D eigenvalue weighted by Gasteiger charge is -2.10. The molecule has 0 amide bonds. The van der Waals surface area contributed by atoms with Crippen molar-refractivity contribution in [2.45, 2.75) is 12.8 Å². The molecule has 7 heteroatoms. The number of benzene rings is 1. The Morgan fingerprint density at radius 2 is 2.06 bits per heavy atom.